The van der Waals surface area contributed by atoms with Crippen molar-refractivity contribution in [1.29, 1.82) is 0 Å². The molecule has 0 spiro atoms. The Balaban J connectivity index is 2.40. The number of rotatable bonds is 4. The number of alkyl halides is 1. The first-order valence-corrected chi connectivity index (χ1v) is 6.80. The summed E-state index contributed by atoms with van der Waals surface area (Å²) in [4.78, 5) is 11.7. The molecular formula is C14H20BrNO. The van der Waals surface area contributed by atoms with Crippen molar-refractivity contribution >= 4 is 21.8 Å². The van der Waals surface area contributed by atoms with Crippen LogP contribution in [0.1, 0.15) is 32.8 Å². The first-order chi connectivity index (χ1) is 7.88. The van der Waals surface area contributed by atoms with Gasteiger partial charge in [-0.1, -0.05) is 46.3 Å². The minimum Gasteiger partial charge on any atom is -0.351 e. The van der Waals surface area contributed by atoms with Crippen LogP contribution in [0.25, 0.3) is 0 Å². The van der Waals surface area contributed by atoms with Crippen molar-refractivity contribution in [2.24, 2.45) is 0 Å². The van der Waals surface area contributed by atoms with E-state index in [1.165, 1.54) is 5.56 Å². The van der Waals surface area contributed by atoms with E-state index in [9.17, 15) is 4.79 Å². The van der Waals surface area contributed by atoms with Crippen LogP contribution in [0.2, 0.25) is 0 Å². The second kappa shape index (κ2) is 6.20. The van der Waals surface area contributed by atoms with E-state index in [0.29, 0.717) is 0 Å². The van der Waals surface area contributed by atoms with Crippen molar-refractivity contribution in [2.45, 2.75) is 44.0 Å². The van der Waals surface area contributed by atoms with E-state index < -0.39 is 0 Å². The van der Waals surface area contributed by atoms with Gasteiger partial charge in [-0.2, -0.15) is 0 Å². The van der Waals surface area contributed by atoms with E-state index in [4.69, 9.17) is 0 Å². The first-order valence-electron chi connectivity index (χ1n) is 5.88. The lowest BCUT2D eigenvalue weighted by Crippen LogP contribution is -2.44. The Morgan fingerprint density at radius 1 is 1.29 bits per heavy atom. The number of halogens is 1. The van der Waals surface area contributed by atoms with Gasteiger partial charge in [0.15, 0.2) is 0 Å². The van der Waals surface area contributed by atoms with Crippen LogP contribution in [0, 0.1) is 0 Å². The zero-order valence-electron chi connectivity index (χ0n) is 10.7. The fourth-order valence-corrected chi connectivity index (χ4v) is 1.86. The smallest absolute Gasteiger partial charge is 0.234 e. The van der Waals surface area contributed by atoms with Gasteiger partial charge in [0.25, 0.3) is 0 Å². The highest BCUT2D eigenvalue weighted by Gasteiger charge is 2.20. The van der Waals surface area contributed by atoms with Crippen LogP contribution in [-0.2, 0) is 11.2 Å². The van der Waals surface area contributed by atoms with Gasteiger partial charge >= 0.3 is 0 Å². The number of carbonyl (C=O) groups is 1. The Morgan fingerprint density at radius 3 is 2.41 bits per heavy atom. The molecule has 0 aromatic heterocycles. The summed E-state index contributed by atoms with van der Waals surface area (Å²) in [5.74, 6) is 0.0634. The van der Waals surface area contributed by atoms with Crippen molar-refractivity contribution in [3.05, 3.63) is 35.9 Å². The Hall–Kier alpha value is -0.830. The zero-order chi connectivity index (χ0) is 12.9. The molecule has 0 saturated carbocycles. The van der Waals surface area contributed by atoms with Crippen molar-refractivity contribution in [1.82, 2.24) is 5.32 Å². The van der Waals surface area contributed by atoms with E-state index in [1.807, 2.05) is 39.0 Å². The summed E-state index contributed by atoms with van der Waals surface area (Å²) >= 11 is 3.44. The van der Waals surface area contributed by atoms with Gasteiger partial charge in [0.05, 0.1) is 4.83 Å². The molecule has 17 heavy (non-hydrogen) atoms. The third-order valence-corrected chi connectivity index (χ3v) is 3.19. The largest absolute Gasteiger partial charge is 0.351 e. The van der Waals surface area contributed by atoms with Gasteiger partial charge in [-0.25, -0.2) is 0 Å². The van der Waals surface area contributed by atoms with E-state index >= 15 is 0 Å². The summed E-state index contributed by atoms with van der Waals surface area (Å²) in [6, 6.07) is 10.2. The van der Waals surface area contributed by atoms with Crippen molar-refractivity contribution in [3.63, 3.8) is 0 Å². The molecular weight excluding hydrogens is 278 g/mol. The minimum absolute atomic E-state index is 0.0634. The number of benzene rings is 1. The fourth-order valence-electron chi connectivity index (χ4n) is 1.52. The molecule has 1 atom stereocenters. The summed E-state index contributed by atoms with van der Waals surface area (Å²) in [5.41, 5.74) is 1.09. The molecule has 1 aromatic carbocycles. The predicted molar refractivity (Wildman–Crippen MR) is 75.4 cm³/mol. The standard InChI is InChI=1S/C14H20BrNO/c1-14(2,3)16-13(17)12(15)10-9-11-7-5-4-6-8-11/h4-8,12H,9-10H2,1-3H3,(H,16,17). The van der Waals surface area contributed by atoms with Gasteiger partial charge in [-0.3, -0.25) is 4.79 Å². The molecule has 0 aliphatic rings. The Kier molecular flexibility index (Phi) is 5.19. The van der Waals surface area contributed by atoms with Crippen LogP contribution in [0.4, 0.5) is 0 Å². The molecule has 0 aliphatic heterocycles. The van der Waals surface area contributed by atoms with Gasteiger partial charge in [0.2, 0.25) is 5.91 Å². The second-order valence-electron chi connectivity index (χ2n) is 5.23. The maximum absolute atomic E-state index is 11.8. The summed E-state index contributed by atoms with van der Waals surface area (Å²) in [7, 11) is 0. The van der Waals surface area contributed by atoms with Gasteiger partial charge < -0.3 is 5.32 Å². The summed E-state index contributed by atoms with van der Waals surface area (Å²) in [6.45, 7) is 5.96. The zero-order valence-corrected chi connectivity index (χ0v) is 12.3. The number of nitrogens with one attached hydrogen (secondary N) is 1. The first kappa shape index (κ1) is 14.2. The lowest BCUT2D eigenvalue weighted by molar-refractivity contribution is -0.121. The monoisotopic (exact) mass is 297 g/mol. The lowest BCUT2D eigenvalue weighted by Gasteiger charge is -2.22. The fraction of sp³-hybridized carbons (Fsp3) is 0.500. The number of amides is 1. The summed E-state index contributed by atoms with van der Waals surface area (Å²) in [5, 5.41) is 2.97. The van der Waals surface area contributed by atoms with E-state index in [-0.39, 0.29) is 16.3 Å². The van der Waals surface area contributed by atoms with Crippen LogP contribution in [-0.4, -0.2) is 16.3 Å². The lowest BCUT2D eigenvalue weighted by atomic mass is 10.1. The Labute approximate surface area is 112 Å². The molecule has 1 aromatic rings. The number of hydrogen-bond donors (Lipinski definition) is 1. The minimum atomic E-state index is -0.171. The molecule has 0 fully saturated rings. The normalized spacial score (nSPS) is 13.2. The van der Waals surface area contributed by atoms with E-state index in [1.54, 1.807) is 0 Å². The van der Waals surface area contributed by atoms with Crippen molar-refractivity contribution < 1.29 is 4.79 Å². The highest BCUT2D eigenvalue weighted by Crippen LogP contribution is 2.12. The van der Waals surface area contributed by atoms with Crippen LogP contribution in [0.5, 0.6) is 0 Å². The molecule has 0 bridgehead atoms. The number of hydrogen-bond acceptors (Lipinski definition) is 1. The number of carbonyl (C=O) groups excluding carboxylic acids is 1. The number of aryl methyl sites for hydroxylation is 1. The molecule has 0 aliphatic carbocycles. The van der Waals surface area contributed by atoms with Crippen LogP contribution >= 0.6 is 15.9 Å². The topological polar surface area (TPSA) is 29.1 Å². The molecule has 0 saturated heterocycles. The predicted octanol–water partition coefficient (Wildman–Crippen LogP) is 3.30. The summed E-state index contributed by atoms with van der Waals surface area (Å²) < 4.78 is 0. The average molecular weight is 298 g/mol. The van der Waals surface area contributed by atoms with Gasteiger partial charge in [0, 0.05) is 5.54 Å². The highest BCUT2D eigenvalue weighted by atomic mass is 79.9. The highest BCUT2D eigenvalue weighted by molar-refractivity contribution is 9.10. The van der Waals surface area contributed by atoms with Crippen LogP contribution in [0.15, 0.2) is 30.3 Å². The van der Waals surface area contributed by atoms with Crippen LogP contribution < -0.4 is 5.32 Å². The molecule has 0 radical (unpaired) electrons. The van der Waals surface area contributed by atoms with Crippen molar-refractivity contribution in [2.75, 3.05) is 0 Å². The summed E-state index contributed by atoms with van der Waals surface area (Å²) in [6.07, 6.45) is 1.72. The van der Waals surface area contributed by atoms with Gasteiger partial charge in [-0.15, -0.1) is 0 Å². The third kappa shape index (κ3) is 5.87. The molecule has 2 nitrogen and oxygen atoms in total. The molecule has 1 unspecified atom stereocenters. The molecule has 3 heteroatoms. The molecule has 1 N–H and O–H groups in total. The van der Waals surface area contributed by atoms with Gasteiger partial charge in [0.1, 0.15) is 0 Å². The van der Waals surface area contributed by atoms with Crippen molar-refractivity contribution in [3.8, 4) is 0 Å². The quantitative estimate of drug-likeness (QED) is 0.849. The average Bonchev–Trinajstić information content (AvgIpc) is 2.25. The molecule has 94 valence electrons. The Bertz CT molecular complexity index is 356. The second-order valence-corrected chi connectivity index (χ2v) is 6.34. The maximum Gasteiger partial charge on any atom is 0.234 e. The molecule has 1 amide bonds. The molecule has 0 heterocycles. The molecule has 1 rings (SSSR count). The van der Waals surface area contributed by atoms with E-state index in [2.05, 4.69) is 33.4 Å². The SMILES string of the molecule is CC(C)(C)NC(=O)C(Br)CCc1ccccc1. The maximum atomic E-state index is 11.8. The van der Waals surface area contributed by atoms with Gasteiger partial charge in [-0.05, 0) is 39.2 Å². The van der Waals surface area contributed by atoms with Crippen LogP contribution in [0.3, 0.4) is 0 Å². The Morgan fingerprint density at radius 2 is 1.88 bits per heavy atom. The van der Waals surface area contributed by atoms with E-state index in [0.717, 1.165) is 12.8 Å². The third-order valence-electron chi connectivity index (χ3n) is 2.31.